The zero-order chi connectivity index (χ0) is 13.5. The molecule has 0 amide bonds. The number of likely N-dealkylation sites (N-methyl/N-ethyl adjacent to an activating group) is 1. The van der Waals surface area contributed by atoms with Crippen molar-refractivity contribution in [3.8, 4) is 0 Å². The van der Waals surface area contributed by atoms with E-state index >= 15 is 0 Å². The van der Waals surface area contributed by atoms with E-state index in [1.165, 1.54) is 6.07 Å². The molecule has 0 radical (unpaired) electrons. The summed E-state index contributed by atoms with van der Waals surface area (Å²) in [5.74, 6) is -0.327. The Hall–Kier alpha value is -1.42. The Kier molecular flexibility index (Phi) is 5.78. The quantitative estimate of drug-likeness (QED) is 0.696. The van der Waals surface area contributed by atoms with Crippen LogP contribution in [0.4, 0.5) is 10.1 Å². The maximum atomic E-state index is 13.9. The summed E-state index contributed by atoms with van der Waals surface area (Å²) in [6.45, 7) is 4.53. The highest BCUT2D eigenvalue weighted by molar-refractivity contribution is 5.76. The van der Waals surface area contributed by atoms with Gasteiger partial charge < -0.3 is 9.80 Å². The summed E-state index contributed by atoms with van der Waals surface area (Å²) in [7, 11) is 3.99. The lowest BCUT2D eigenvalue weighted by Gasteiger charge is -2.26. The highest BCUT2D eigenvalue weighted by atomic mass is 19.1. The average molecular weight is 252 g/mol. The van der Waals surface area contributed by atoms with Crippen LogP contribution in [-0.2, 0) is 0 Å². The van der Waals surface area contributed by atoms with Gasteiger partial charge in [-0.3, -0.25) is 4.79 Å². The van der Waals surface area contributed by atoms with Crippen LogP contribution in [0.2, 0.25) is 0 Å². The molecule has 18 heavy (non-hydrogen) atoms. The second kappa shape index (κ2) is 7.11. The summed E-state index contributed by atoms with van der Waals surface area (Å²) in [4.78, 5) is 14.7. The van der Waals surface area contributed by atoms with E-state index in [0.717, 1.165) is 26.1 Å². The molecule has 0 aliphatic carbocycles. The molecule has 0 aromatic heterocycles. The van der Waals surface area contributed by atoms with Gasteiger partial charge in [-0.2, -0.15) is 0 Å². The maximum absolute atomic E-state index is 13.9. The van der Waals surface area contributed by atoms with E-state index in [0.29, 0.717) is 17.5 Å². The van der Waals surface area contributed by atoms with Gasteiger partial charge in [0.05, 0.1) is 5.69 Å². The molecule has 1 aromatic carbocycles. The average Bonchev–Trinajstić information content (AvgIpc) is 2.34. The van der Waals surface area contributed by atoms with Gasteiger partial charge in [0.2, 0.25) is 0 Å². The van der Waals surface area contributed by atoms with E-state index in [2.05, 4.69) is 11.8 Å². The molecule has 0 heterocycles. The van der Waals surface area contributed by atoms with Crippen LogP contribution in [0.3, 0.4) is 0 Å². The number of carbonyl (C=O) groups is 1. The number of nitrogens with zero attached hydrogens (tertiary/aromatic N) is 2. The first kappa shape index (κ1) is 14.6. The van der Waals surface area contributed by atoms with Crippen LogP contribution in [0.5, 0.6) is 0 Å². The second-order valence-corrected chi connectivity index (χ2v) is 4.62. The highest BCUT2D eigenvalue weighted by Crippen LogP contribution is 2.20. The molecular formula is C14H21FN2O. The van der Waals surface area contributed by atoms with E-state index in [9.17, 15) is 9.18 Å². The van der Waals surface area contributed by atoms with Gasteiger partial charge in [0.1, 0.15) is 12.1 Å². The van der Waals surface area contributed by atoms with E-state index in [1.807, 2.05) is 19.0 Å². The Labute approximate surface area is 108 Å². The SMILES string of the molecule is CCCN(CCN(C)C)c1ccc(C=O)cc1F. The van der Waals surface area contributed by atoms with Crippen molar-refractivity contribution in [3.63, 3.8) is 0 Å². The Balaban J connectivity index is 2.87. The number of hydrogen-bond acceptors (Lipinski definition) is 3. The Bertz CT molecular complexity index is 393. The molecular weight excluding hydrogens is 231 g/mol. The molecule has 0 spiro atoms. The van der Waals surface area contributed by atoms with E-state index < -0.39 is 0 Å². The number of aldehydes is 1. The molecule has 100 valence electrons. The summed E-state index contributed by atoms with van der Waals surface area (Å²) in [6, 6.07) is 4.63. The minimum absolute atomic E-state index is 0.327. The van der Waals surface area contributed by atoms with Crippen molar-refractivity contribution in [1.82, 2.24) is 4.90 Å². The molecule has 0 unspecified atom stereocenters. The first-order valence-electron chi connectivity index (χ1n) is 6.23. The molecule has 0 aliphatic heterocycles. The molecule has 0 atom stereocenters. The molecule has 4 heteroatoms. The largest absolute Gasteiger partial charge is 0.368 e. The number of rotatable bonds is 7. The third kappa shape index (κ3) is 4.11. The van der Waals surface area contributed by atoms with E-state index in [-0.39, 0.29) is 5.82 Å². The van der Waals surface area contributed by atoms with E-state index in [4.69, 9.17) is 0 Å². The summed E-state index contributed by atoms with van der Waals surface area (Å²) < 4.78 is 13.9. The smallest absolute Gasteiger partial charge is 0.150 e. The third-order valence-electron chi connectivity index (χ3n) is 2.76. The Morgan fingerprint density at radius 2 is 1.94 bits per heavy atom. The fraction of sp³-hybridized carbons (Fsp3) is 0.500. The predicted molar refractivity (Wildman–Crippen MR) is 72.8 cm³/mol. The zero-order valence-electron chi connectivity index (χ0n) is 11.3. The molecule has 1 rings (SSSR count). The first-order valence-corrected chi connectivity index (χ1v) is 6.23. The lowest BCUT2D eigenvalue weighted by atomic mass is 10.2. The van der Waals surface area contributed by atoms with Crippen molar-refractivity contribution < 1.29 is 9.18 Å². The van der Waals surface area contributed by atoms with Crippen molar-refractivity contribution in [3.05, 3.63) is 29.6 Å². The van der Waals surface area contributed by atoms with Crippen molar-refractivity contribution in [2.45, 2.75) is 13.3 Å². The monoisotopic (exact) mass is 252 g/mol. The van der Waals surface area contributed by atoms with Gasteiger partial charge in [-0.25, -0.2) is 4.39 Å². The second-order valence-electron chi connectivity index (χ2n) is 4.62. The minimum atomic E-state index is -0.327. The van der Waals surface area contributed by atoms with Gasteiger partial charge in [-0.05, 0) is 38.7 Å². The fourth-order valence-electron chi connectivity index (χ4n) is 1.80. The normalized spacial score (nSPS) is 10.7. The predicted octanol–water partition coefficient (Wildman–Crippen LogP) is 2.42. The lowest BCUT2D eigenvalue weighted by molar-refractivity contribution is 0.112. The van der Waals surface area contributed by atoms with Gasteiger partial charge in [-0.1, -0.05) is 6.92 Å². The topological polar surface area (TPSA) is 23.6 Å². The first-order chi connectivity index (χ1) is 8.58. The van der Waals surface area contributed by atoms with E-state index in [1.54, 1.807) is 12.1 Å². The van der Waals surface area contributed by atoms with Crippen molar-refractivity contribution >= 4 is 12.0 Å². The maximum Gasteiger partial charge on any atom is 0.150 e. The van der Waals surface area contributed by atoms with Gasteiger partial charge in [0.15, 0.2) is 0 Å². The molecule has 0 saturated carbocycles. The van der Waals surface area contributed by atoms with Crippen LogP contribution in [0.25, 0.3) is 0 Å². The molecule has 3 nitrogen and oxygen atoms in total. The highest BCUT2D eigenvalue weighted by Gasteiger charge is 2.11. The number of benzene rings is 1. The number of anilines is 1. The summed E-state index contributed by atoms with van der Waals surface area (Å²) in [5.41, 5.74) is 0.949. The van der Waals surface area contributed by atoms with Crippen LogP contribution in [0, 0.1) is 5.82 Å². The molecule has 0 N–H and O–H groups in total. The molecule has 0 saturated heterocycles. The summed E-state index contributed by atoms with van der Waals surface area (Å²) in [5, 5.41) is 0. The summed E-state index contributed by atoms with van der Waals surface area (Å²) >= 11 is 0. The van der Waals surface area contributed by atoms with Crippen LogP contribution < -0.4 is 4.90 Å². The van der Waals surface area contributed by atoms with Crippen molar-refractivity contribution in [1.29, 1.82) is 0 Å². The van der Waals surface area contributed by atoms with Crippen LogP contribution in [0.1, 0.15) is 23.7 Å². The van der Waals surface area contributed by atoms with Gasteiger partial charge in [0.25, 0.3) is 0 Å². The standard InChI is InChI=1S/C14H21FN2O/c1-4-7-17(9-8-16(2)3)14-6-5-12(11-18)10-13(14)15/h5-6,10-11H,4,7-9H2,1-3H3. The Morgan fingerprint density at radius 3 is 2.44 bits per heavy atom. The number of halogens is 1. The lowest BCUT2D eigenvalue weighted by Crippen LogP contribution is -2.32. The molecule has 0 bridgehead atoms. The van der Waals surface area contributed by atoms with Crippen LogP contribution >= 0.6 is 0 Å². The third-order valence-corrected chi connectivity index (χ3v) is 2.76. The minimum Gasteiger partial charge on any atom is -0.368 e. The van der Waals surface area contributed by atoms with Gasteiger partial charge in [0, 0.05) is 25.2 Å². The van der Waals surface area contributed by atoms with Crippen LogP contribution in [-0.4, -0.2) is 44.9 Å². The van der Waals surface area contributed by atoms with Crippen molar-refractivity contribution in [2.24, 2.45) is 0 Å². The van der Waals surface area contributed by atoms with Crippen molar-refractivity contribution in [2.75, 3.05) is 38.6 Å². The fourth-order valence-corrected chi connectivity index (χ4v) is 1.80. The van der Waals surface area contributed by atoms with Crippen LogP contribution in [0.15, 0.2) is 18.2 Å². The van der Waals surface area contributed by atoms with Gasteiger partial charge >= 0.3 is 0 Å². The molecule has 1 aromatic rings. The molecule has 0 aliphatic rings. The Morgan fingerprint density at radius 1 is 1.22 bits per heavy atom. The summed E-state index contributed by atoms with van der Waals surface area (Å²) in [6.07, 6.45) is 1.62. The van der Waals surface area contributed by atoms with Gasteiger partial charge in [-0.15, -0.1) is 0 Å². The number of carbonyl (C=O) groups excluding carboxylic acids is 1. The number of hydrogen-bond donors (Lipinski definition) is 0. The zero-order valence-corrected chi connectivity index (χ0v) is 11.3. The molecule has 0 fully saturated rings.